The number of pyridine rings is 1. The van der Waals surface area contributed by atoms with Crippen molar-refractivity contribution in [3.63, 3.8) is 0 Å². The fraction of sp³-hybridized carbons (Fsp3) is 0.460. The molecule has 362 valence electrons. The molecule has 7 heterocycles. The highest BCUT2D eigenvalue weighted by atomic mass is 19.1. The van der Waals surface area contributed by atoms with E-state index in [9.17, 15) is 24.0 Å². The second-order valence-electron chi connectivity index (χ2n) is 18.4. The van der Waals surface area contributed by atoms with Crippen LogP contribution in [0.15, 0.2) is 78.1 Å². The van der Waals surface area contributed by atoms with Gasteiger partial charge in [0, 0.05) is 116 Å². The van der Waals surface area contributed by atoms with E-state index in [0.717, 1.165) is 69.7 Å². The SMILES string of the molecule is O=C(CNCc1ccncn1)Nc1cc(C2CCOCC2)cnc1C(=O)N1CCC(CN2CCN(CC(=O)N3CCN(C(=O)c4cc(Cc5n[nH]c(=O)c6ccccc56)ccc4F)CC3)CC2)CC1. The number of nitrogens with zero attached hydrogens (tertiary/aromatic N) is 9. The zero-order valence-electron chi connectivity index (χ0n) is 38.8. The number of halogens is 1. The number of carbonyl (C=O) groups is 4. The van der Waals surface area contributed by atoms with Gasteiger partial charge in [-0.25, -0.2) is 24.4 Å². The Hall–Kier alpha value is -6.54. The largest absolute Gasteiger partial charge is 0.381 e. The van der Waals surface area contributed by atoms with E-state index in [1.54, 1.807) is 52.5 Å². The molecule has 5 aromatic rings. The normalized spacial score (nSPS) is 17.8. The van der Waals surface area contributed by atoms with Crippen molar-refractivity contribution in [3.8, 4) is 0 Å². The maximum absolute atomic E-state index is 15.1. The van der Waals surface area contributed by atoms with Crippen LogP contribution in [0.25, 0.3) is 10.8 Å². The number of nitrogens with one attached hydrogen (secondary N) is 3. The summed E-state index contributed by atoms with van der Waals surface area (Å²) in [6.45, 7) is 8.77. The van der Waals surface area contributed by atoms with Gasteiger partial charge in [0.2, 0.25) is 11.8 Å². The summed E-state index contributed by atoms with van der Waals surface area (Å²) in [7, 11) is 0. The molecule has 0 bridgehead atoms. The molecule has 19 heteroatoms. The van der Waals surface area contributed by atoms with E-state index >= 15 is 4.39 Å². The van der Waals surface area contributed by atoms with Crippen molar-refractivity contribution < 1.29 is 28.3 Å². The zero-order chi connectivity index (χ0) is 47.7. The van der Waals surface area contributed by atoms with Gasteiger partial charge in [0.15, 0.2) is 5.69 Å². The highest BCUT2D eigenvalue weighted by Gasteiger charge is 2.31. The summed E-state index contributed by atoms with van der Waals surface area (Å²) < 4.78 is 20.7. The van der Waals surface area contributed by atoms with Crippen molar-refractivity contribution in [2.45, 2.75) is 44.6 Å². The molecule has 0 unspecified atom stereocenters. The minimum Gasteiger partial charge on any atom is -0.381 e. The fourth-order valence-electron chi connectivity index (χ4n) is 9.85. The summed E-state index contributed by atoms with van der Waals surface area (Å²) in [5.74, 6) is -0.799. The molecular formula is C50H59FN12O6. The molecule has 18 nitrogen and oxygen atoms in total. The number of aromatic amines is 1. The molecule has 0 spiro atoms. The number of anilines is 1. The minimum absolute atomic E-state index is 0.0204. The number of carbonyl (C=O) groups excluding carboxylic acids is 4. The number of amides is 4. The van der Waals surface area contributed by atoms with Gasteiger partial charge in [0.25, 0.3) is 17.4 Å². The topological polar surface area (TPSA) is 202 Å². The lowest BCUT2D eigenvalue weighted by molar-refractivity contribution is -0.134. The molecule has 4 amide bonds. The van der Waals surface area contributed by atoms with E-state index in [-0.39, 0.29) is 47.0 Å². The molecule has 0 radical (unpaired) electrons. The van der Waals surface area contributed by atoms with Crippen LogP contribution in [0.3, 0.4) is 0 Å². The summed E-state index contributed by atoms with van der Waals surface area (Å²) in [4.78, 5) is 89.1. The van der Waals surface area contributed by atoms with Gasteiger partial charge in [-0.15, -0.1) is 0 Å². The average molecular weight is 943 g/mol. The monoisotopic (exact) mass is 942 g/mol. The highest BCUT2D eigenvalue weighted by molar-refractivity contribution is 6.03. The Morgan fingerprint density at radius 2 is 1.51 bits per heavy atom. The summed E-state index contributed by atoms with van der Waals surface area (Å²) in [5, 5.41) is 14.1. The smallest absolute Gasteiger partial charge is 0.274 e. The predicted molar refractivity (Wildman–Crippen MR) is 255 cm³/mol. The molecular weight excluding hydrogens is 884 g/mol. The maximum Gasteiger partial charge on any atom is 0.274 e. The molecule has 0 aliphatic carbocycles. The summed E-state index contributed by atoms with van der Waals surface area (Å²) in [6.07, 6.45) is 8.63. The molecule has 69 heavy (non-hydrogen) atoms. The van der Waals surface area contributed by atoms with E-state index in [4.69, 9.17) is 4.74 Å². The van der Waals surface area contributed by atoms with Crippen LogP contribution < -0.4 is 16.2 Å². The summed E-state index contributed by atoms with van der Waals surface area (Å²) in [5.41, 5.74) is 3.43. The number of benzene rings is 2. The van der Waals surface area contributed by atoms with Crippen LogP contribution >= 0.6 is 0 Å². The first-order chi connectivity index (χ1) is 33.6. The van der Waals surface area contributed by atoms with E-state index in [1.165, 1.54) is 12.4 Å². The number of likely N-dealkylation sites (tertiary alicyclic amines) is 1. The summed E-state index contributed by atoms with van der Waals surface area (Å²) >= 11 is 0. The van der Waals surface area contributed by atoms with Crippen LogP contribution in [0.2, 0.25) is 0 Å². The van der Waals surface area contributed by atoms with E-state index in [1.807, 2.05) is 23.1 Å². The molecule has 4 aliphatic heterocycles. The molecule has 4 fully saturated rings. The van der Waals surface area contributed by atoms with Crippen molar-refractivity contribution in [2.24, 2.45) is 5.92 Å². The second-order valence-corrected chi connectivity index (χ2v) is 18.4. The Bertz CT molecular complexity index is 2680. The van der Waals surface area contributed by atoms with Gasteiger partial charge in [-0.3, -0.25) is 28.9 Å². The third-order valence-corrected chi connectivity index (χ3v) is 13.9. The lowest BCUT2D eigenvalue weighted by Gasteiger charge is -2.40. The van der Waals surface area contributed by atoms with Gasteiger partial charge >= 0.3 is 0 Å². The molecule has 9 rings (SSSR count). The predicted octanol–water partition coefficient (Wildman–Crippen LogP) is 2.91. The molecule has 3 aromatic heterocycles. The first kappa shape index (κ1) is 47.5. The Morgan fingerprint density at radius 1 is 0.783 bits per heavy atom. The lowest BCUT2D eigenvalue weighted by Crippen LogP contribution is -2.55. The number of hydrogen-bond acceptors (Lipinski definition) is 13. The van der Waals surface area contributed by atoms with Crippen LogP contribution in [0.1, 0.15) is 75.0 Å². The Kier molecular flexibility index (Phi) is 15.3. The van der Waals surface area contributed by atoms with E-state index in [2.05, 4.69) is 45.6 Å². The number of H-pyrrole nitrogens is 1. The van der Waals surface area contributed by atoms with Crippen LogP contribution in [0.5, 0.6) is 0 Å². The van der Waals surface area contributed by atoms with E-state index < -0.39 is 11.7 Å². The number of hydrogen-bond donors (Lipinski definition) is 3. The Morgan fingerprint density at radius 3 is 2.26 bits per heavy atom. The van der Waals surface area contributed by atoms with Crippen LogP contribution in [0, 0.1) is 11.7 Å². The number of piperazine rings is 2. The molecule has 4 saturated heterocycles. The fourth-order valence-corrected chi connectivity index (χ4v) is 9.85. The van der Waals surface area contributed by atoms with Gasteiger partial charge in [0.1, 0.15) is 12.1 Å². The zero-order valence-corrected chi connectivity index (χ0v) is 38.8. The number of fused-ring (bicyclic) bond motifs is 1. The lowest BCUT2D eigenvalue weighted by atomic mass is 9.92. The standard InChI is InChI=1S/C50H59FN12O6/c51-42-6-5-35(26-43-39-3-1-2-4-40(39)48(66)58-57-43)25-41(42)49(67)63-21-19-61(20-22-63)46(65)32-60-17-15-59(16-18-60)31-34-8-13-62(14-9-34)50(68)47-44(27-37(28-54-47)36-10-23-69-24-11-36)56-45(64)30-53-29-38-7-12-52-33-55-38/h1-7,12,25,27-28,33-34,36,53H,8-11,13-24,26,29-32H2,(H,56,64)(H,58,66). The van der Waals surface area contributed by atoms with Crippen LogP contribution in [0.4, 0.5) is 10.1 Å². The van der Waals surface area contributed by atoms with Gasteiger partial charge in [-0.2, -0.15) is 5.10 Å². The van der Waals surface area contributed by atoms with Crippen LogP contribution in [-0.4, -0.2) is 172 Å². The molecule has 4 aliphatic rings. The number of aromatic nitrogens is 5. The van der Waals surface area contributed by atoms with Crippen molar-refractivity contribution in [1.82, 2.24) is 55.0 Å². The number of ether oxygens (including phenoxy) is 1. The van der Waals surface area contributed by atoms with Gasteiger partial charge in [0.05, 0.1) is 41.1 Å². The highest BCUT2D eigenvalue weighted by Crippen LogP contribution is 2.31. The second kappa shape index (κ2) is 22.3. The summed E-state index contributed by atoms with van der Waals surface area (Å²) in [6, 6.07) is 15.3. The third kappa shape index (κ3) is 11.8. The van der Waals surface area contributed by atoms with Crippen molar-refractivity contribution in [2.75, 3.05) is 104 Å². The van der Waals surface area contributed by atoms with Gasteiger partial charge in [-0.1, -0.05) is 24.3 Å². The van der Waals surface area contributed by atoms with Crippen molar-refractivity contribution >= 4 is 40.1 Å². The molecule has 0 atom stereocenters. The maximum atomic E-state index is 15.1. The van der Waals surface area contributed by atoms with E-state index in [0.29, 0.717) is 106 Å². The number of piperidine rings is 1. The average Bonchev–Trinajstić information content (AvgIpc) is 3.39. The Balaban J connectivity index is 0.708. The molecule has 2 aromatic carbocycles. The minimum atomic E-state index is -0.611. The third-order valence-electron chi connectivity index (χ3n) is 13.9. The first-order valence-electron chi connectivity index (χ1n) is 24.0. The first-order valence-corrected chi connectivity index (χ1v) is 24.0. The molecule has 0 saturated carbocycles. The molecule has 3 N–H and O–H groups in total. The van der Waals surface area contributed by atoms with Crippen molar-refractivity contribution in [1.29, 1.82) is 0 Å². The number of rotatable bonds is 14. The Labute approximate surface area is 399 Å². The van der Waals surface area contributed by atoms with Gasteiger partial charge < -0.3 is 35.0 Å². The van der Waals surface area contributed by atoms with Crippen molar-refractivity contribution in [3.05, 3.63) is 123 Å². The quantitative estimate of drug-likeness (QED) is 0.147. The van der Waals surface area contributed by atoms with Gasteiger partial charge in [-0.05, 0) is 79.0 Å². The van der Waals surface area contributed by atoms with Crippen LogP contribution in [-0.2, 0) is 27.3 Å².